The molecule has 0 aliphatic carbocycles. The molecule has 0 atom stereocenters. The van der Waals surface area contributed by atoms with Crippen LogP contribution in [0.15, 0.2) is 24.3 Å². The van der Waals surface area contributed by atoms with Gasteiger partial charge in [0.2, 0.25) is 0 Å². The van der Waals surface area contributed by atoms with Crippen LogP contribution in [0.5, 0.6) is 5.75 Å². The second-order valence-corrected chi connectivity index (χ2v) is 2.71. The summed E-state index contributed by atoms with van der Waals surface area (Å²) in [5.74, 6) is -0.0905. The summed E-state index contributed by atoms with van der Waals surface area (Å²) in [7, 11) is 0. The number of aromatic hydroxyl groups is 1. The Morgan fingerprint density at radius 2 is 2.07 bits per heavy atom. The van der Waals surface area contributed by atoms with Crippen LogP contribution in [0.25, 0.3) is 0 Å². The van der Waals surface area contributed by atoms with Gasteiger partial charge in [-0.3, -0.25) is 4.79 Å². The number of carbonyl (C=O) groups excluding carboxylic acids is 1. The molecule has 4 heteroatoms. The molecule has 0 aliphatic rings. The maximum atomic E-state index is 10.9. The molecule has 0 radical (unpaired) electrons. The van der Waals surface area contributed by atoms with Gasteiger partial charge in [-0.15, -0.1) is 0 Å². The van der Waals surface area contributed by atoms with Crippen molar-refractivity contribution in [1.82, 2.24) is 0 Å². The van der Waals surface area contributed by atoms with E-state index in [1.165, 1.54) is 0 Å². The third kappa shape index (κ3) is 3.35. The van der Waals surface area contributed by atoms with Crippen LogP contribution in [-0.4, -0.2) is 24.2 Å². The SMILES string of the molecule is CCOC(=O)CNc1ccc(O)cc1. The average Bonchev–Trinajstić information content (AvgIpc) is 2.17. The molecule has 0 saturated heterocycles. The molecular weight excluding hydrogens is 182 g/mol. The van der Waals surface area contributed by atoms with E-state index in [0.29, 0.717) is 6.61 Å². The van der Waals surface area contributed by atoms with Gasteiger partial charge < -0.3 is 15.2 Å². The fourth-order valence-electron chi connectivity index (χ4n) is 0.966. The van der Waals surface area contributed by atoms with Crippen molar-refractivity contribution in [3.8, 4) is 5.75 Å². The number of ether oxygens (including phenoxy) is 1. The Hall–Kier alpha value is -1.71. The molecule has 76 valence electrons. The van der Waals surface area contributed by atoms with E-state index in [0.717, 1.165) is 5.69 Å². The summed E-state index contributed by atoms with van der Waals surface area (Å²) in [5.41, 5.74) is 0.774. The van der Waals surface area contributed by atoms with Crippen LogP contribution in [0.2, 0.25) is 0 Å². The molecule has 14 heavy (non-hydrogen) atoms. The fourth-order valence-corrected chi connectivity index (χ4v) is 0.966. The van der Waals surface area contributed by atoms with Gasteiger partial charge >= 0.3 is 5.97 Å². The number of rotatable bonds is 4. The van der Waals surface area contributed by atoms with E-state index in [4.69, 9.17) is 9.84 Å². The number of phenols is 1. The summed E-state index contributed by atoms with van der Waals surface area (Å²) in [5, 5.41) is 11.9. The Morgan fingerprint density at radius 3 is 2.64 bits per heavy atom. The summed E-state index contributed by atoms with van der Waals surface area (Å²) in [4.78, 5) is 10.9. The summed E-state index contributed by atoms with van der Waals surface area (Å²) in [6.45, 7) is 2.28. The smallest absolute Gasteiger partial charge is 0.325 e. The van der Waals surface area contributed by atoms with Crippen molar-refractivity contribution in [3.05, 3.63) is 24.3 Å². The van der Waals surface area contributed by atoms with Crippen molar-refractivity contribution >= 4 is 11.7 Å². The van der Waals surface area contributed by atoms with Crippen LogP contribution in [0.3, 0.4) is 0 Å². The van der Waals surface area contributed by atoms with E-state index in [9.17, 15) is 4.79 Å². The normalized spacial score (nSPS) is 9.50. The summed E-state index contributed by atoms with van der Waals surface area (Å²) < 4.78 is 4.74. The zero-order chi connectivity index (χ0) is 10.4. The minimum absolute atomic E-state index is 0.138. The second kappa shape index (κ2) is 5.11. The highest BCUT2D eigenvalue weighted by Crippen LogP contribution is 2.13. The standard InChI is InChI=1S/C10H13NO3/c1-2-14-10(13)7-11-8-3-5-9(12)6-4-8/h3-6,11-12H,2,7H2,1H3. The predicted molar refractivity (Wildman–Crippen MR) is 53.2 cm³/mol. The number of anilines is 1. The van der Waals surface area contributed by atoms with Crippen molar-refractivity contribution in [3.63, 3.8) is 0 Å². The molecule has 0 amide bonds. The van der Waals surface area contributed by atoms with E-state index in [1.54, 1.807) is 31.2 Å². The molecule has 1 aromatic rings. The number of esters is 1. The van der Waals surface area contributed by atoms with E-state index in [2.05, 4.69) is 5.32 Å². The monoisotopic (exact) mass is 195 g/mol. The van der Waals surface area contributed by atoms with Crippen molar-refractivity contribution in [2.45, 2.75) is 6.92 Å². The van der Waals surface area contributed by atoms with Crippen molar-refractivity contribution in [2.24, 2.45) is 0 Å². The molecule has 0 saturated carbocycles. The highest BCUT2D eigenvalue weighted by Gasteiger charge is 2.00. The lowest BCUT2D eigenvalue weighted by atomic mass is 10.3. The molecule has 0 fully saturated rings. The first kappa shape index (κ1) is 10.4. The van der Waals surface area contributed by atoms with Gasteiger partial charge in [-0.2, -0.15) is 0 Å². The average molecular weight is 195 g/mol. The molecule has 0 aromatic heterocycles. The van der Waals surface area contributed by atoms with Crippen LogP contribution >= 0.6 is 0 Å². The molecule has 1 rings (SSSR count). The molecule has 2 N–H and O–H groups in total. The Labute approximate surface area is 82.5 Å². The highest BCUT2D eigenvalue weighted by molar-refractivity contribution is 5.74. The molecule has 1 aromatic carbocycles. The lowest BCUT2D eigenvalue weighted by molar-refractivity contribution is -0.140. The van der Waals surface area contributed by atoms with Crippen LogP contribution < -0.4 is 5.32 Å². The fraction of sp³-hybridized carbons (Fsp3) is 0.300. The zero-order valence-corrected chi connectivity index (χ0v) is 7.99. The van der Waals surface area contributed by atoms with Gasteiger partial charge in [0.25, 0.3) is 0 Å². The summed E-state index contributed by atoms with van der Waals surface area (Å²) >= 11 is 0. The Kier molecular flexibility index (Phi) is 3.79. The van der Waals surface area contributed by atoms with Crippen LogP contribution in [-0.2, 0) is 9.53 Å². The maximum absolute atomic E-state index is 10.9. The lowest BCUT2D eigenvalue weighted by Crippen LogP contribution is -2.16. The number of hydrogen-bond acceptors (Lipinski definition) is 4. The number of nitrogens with one attached hydrogen (secondary N) is 1. The third-order valence-corrected chi connectivity index (χ3v) is 1.61. The van der Waals surface area contributed by atoms with Crippen LogP contribution in [0, 0.1) is 0 Å². The van der Waals surface area contributed by atoms with Gasteiger partial charge in [0.15, 0.2) is 0 Å². The van der Waals surface area contributed by atoms with Gasteiger partial charge in [0, 0.05) is 5.69 Å². The van der Waals surface area contributed by atoms with Gasteiger partial charge in [0.1, 0.15) is 12.3 Å². The van der Waals surface area contributed by atoms with E-state index >= 15 is 0 Å². The van der Waals surface area contributed by atoms with Crippen LogP contribution in [0.1, 0.15) is 6.92 Å². The van der Waals surface area contributed by atoms with E-state index in [1.807, 2.05) is 0 Å². The Balaban J connectivity index is 2.38. The number of benzene rings is 1. The minimum atomic E-state index is -0.291. The van der Waals surface area contributed by atoms with Crippen molar-refractivity contribution < 1.29 is 14.6 Å². The highest BCUT2D eigenvalue weighted by atomic mass is 16.5. The maximum Gasteiger partial charge on any atom is 0.325 e. The first-order valence-electron chi connectivity index (χ1n) is 4.41. The number of phenolic OH excluding ortho intramolecular Hbond substituents is 1. The summed E-state index contributed by atoms with van der Waals surface area (Å²) in [6.07, 6.45) is 0. The van der Waals surface area contributed by atoms with E-state index in [-0.39, 0.29) is 18.3 Å². The molecule has 0 spiro atoms. The quantitative estimate of drug-likeness (QED) is 0.562. The van der Waals surface area contributed by atoms with Crippen molar-refractivity contribution in [1.29, 1.82) is 0 Å². The molecule has 0 unspecified atom stereocenters. The third-order valence-electron chi connectivity index (χ3n) is 1.61. The second-order valence-electron chi connectivity index (χ2n) is 2.71. The molecule has 0 aliphatic heterocycles. The molecule has 0 heterocycles. The van der Waals surface area contributed by atoms with Crippen molar-refractivity contribution in [2.75, 3.05) is 18.5 Å². The molecule has 4 nitrogen and oxygen atoms in total. The van der Waals surface area contributed by atoms with Gasteiger partial charge in [0.05, 0.1) is 6.61 Å². The number of carbonyl (C=O) groups is 1. The zero-order valence-electron chi connectivity index (χ0n) is 7.99. The topological polar surface area (TPSA) is 58.6 Å². The minimum Gasteiger partial charge on any atom is -0.508 e. The number of hydrogen-bond donors (Lipinski definition) is 2. The Morgan fingerprint density at radius 1 is 1.43 bits per heavy atom. The van der Waals surface area contributed by atoms with E-state index < -0.39 is 0 Å². The van der Waals surface area contributed by atoms with Gasteiger partial charge in [-0.1, -0.05) is 0 Å². The predicted octanol–water partition coefficient (Wildman–Crippen LogP) is 1.37. The summed E-state index contributed by atoms with van der Waals surface area (Å²) in [6, 6.07) is 6.48. The largest absolute Gasteiger partial charge is 0.508 e. The first-order valence-corrected chi connectivity index (χ1v) is 4.41. The molecular formula is C10H13NO3. The van der Waals surface area contributed by atoms with Crippen LogP contribution in [0.4, 0.5) is 5.69 Å². The Bertz CT molecular complexity index is 295. The first-order chi connectivity index (χ1) is 6.72. The van der Waals surface area contributed by atoms with Gasteiger partial charge in [-0.25, -0.2) is 0 Å². The lowest BCUT2D eigenvalue weighted by Gasteiger charge is -2.05. The molecule has 0 bridgehead atoms. The van der Waals surface area contributed by atoms with Gasteiger partial charge in [-0.05, 0) is 31.2 Å².